The summed E-state index contributed by atoms with van der Waals surface area (Å²) in [5, 5.41) is 0. The van der Waals surface area contributed by atoms with Crippen LogP contribution in [-0.4, -0.2) is 40.1 Å². The summed E-state index contributed by atoms with van der Waals surface area (Å²) in [6, 6.07) is 6.15. The molecule has 1 aromatic carbocycles. The molecular formula is C21H28FN3O2. The molecule has 0 spiro atoms. The fraction of sp³-hybridized carbons (Fsp3) is 0.524. The molecule has 2 atom stereocenters. The van der Waals surface area contributed by atoms with Gasteiger partial charge in [0.15, 0.2) is 11.6 Å². The summed E-state index contributed by atoms with van der Waals surface area (Å²) in [7, 11) is 0. The Hall–Kier alpha value is -2.37. The summed E-state index contributed by atoms with van der Waals surface area (Å²) in [5.41, 5.74) is 0. The molecular weight excluding hydrogens is 345 g/mol. The average molecular weight is 373 g/mol. The van der Waals surface area contributed by atoms with Crippen LogP contribution in [0.15, 0.2) is 36.7 Å². The highest BCUT2D eigenvalue weighted by atomic mass is 19.1. The van der Waals surface area contributed by atoms with Gasteiger partial charge in [-0.2, -0.15) is 0 Å². The normalized spacial score (nSPS) is 18.6. The second kappa shape index (κ2) is 8.55. The Kier molecular flexibility index (Phi) is 6.14. The molecule has 0 saturated carbocycles. The van der Waals surface area contributed by atoms with Crippen molar-refractivity contribution >= 4 is 5.91 Å². The van der Waals surface area contributed by atoms with Gasteiger partial charge in [-0.25, -0.2) is 9.37 Å². The molecule has 1 aromatic heterocycles. The lowest BCUT2D eigenvalue weighted by atomic mass is 9.98. The quantitative estimate of drug-likeness (QED) is 0.768. The van der Waals surface area contributed by atoms with Crippen LogP contribution < -0.4 is 4.74 Å². The standard InChI is InChI=1S/C21H28FN3O2/c1-15(2)20-23-10-12-25(20)16(3)21(26)24-11-6-7-17(13-24)14-27-19-9-5-4-8-18(19)22/h4-5,8-10,12,15-17H,6-7,11,13-14H2,1-3H3/t16-,17-/m0/s1. The molecule has 2 heterocycles. The molecule has 0 aliphatic carbocycles. The van der Waals surface area contributed by atoms with E-state index >= 15 is 0 Å². The smallest absolute Gasteiger partial charge is 0.245 e. The van der Waals surface area contributed by atoms with Gasteiger partial charge < -0.3 is 14.2 Å². The van der Waals surface area contributed by atoms with Crippen LogP contribution in [0.3, 0.4) is 0 Å². The van der Waals surface area contributed by atoms with Crippen molar-refractivity contribution in [2.75, 3.05) is 19.7 Å². The van der Waals surface area contributed by atoms with Crippen LogP contribution in [-0.2, 0) is 4.79 Å². The molecule has 3 rings (SSSR count). The molecule has 1 aliphatic heterocycles. The van der Waals surface area contributed by atoms with Crippen LogP contribution in [0.25, 0.3) is 0 Å². The maximum Gasteiger partial charge on any atom is 0.245 e. The van der Waals surface area contributed by atoms with Crippen molar-refractivity contribution in [1.82, 2.24) is 14.5 Å². The van der Waals surface area contributed by atoms with E-state index in [9.17, 15) is 9.18 Å². The number of benzene rings is 1. The number of carbonyl (C=O) groups excluding carboxylic acids is 1. The van der Waals surface area contributed by atoms with E-state index in [1.807, 2.05) is 22.6 Å². The fourth-order valence-electron chi connectivity index (χ4n) is 3.65. The van der Waals surface area contributed by atoms with Gasteiger partial charge in [-0.1, -0.05) is 26.0 Å². The third kappa shape index (κ3) is 4.49. The molecule has 0 N–H and O–H groups in total. The summed E-state index contributed by atoms with van der Waals surface area (Å²) >= 11 is 0. The maximum absolute atomic E-state index is 13.7. The number of para-hydroxylation sites is 1. The molecule has 1 saturated heterocycles. The number of amides is 1. The molecule has 1 fully saturated rings. The van der Waals surface area contributed by atoms with Gasteiger partial charge in [0.2, 0.25) is 5.91 Å². The molecule has 0 bridgehead atoms. The number of hydrogen-bond acceptors (Lipinski definition) is 3. The Morgan fingerprint density at radius 3 is 2.85 bits per heavy atom. The lowest BCUT2D eigenvalue weighted by Gasteiger charge is -2.34. The van der Waals surface area contributed by atoms with Crippen LogP contribution in [0.1, 0.15) is 51.4 Å². The van der Waals surface area contributed by atoms with Gasteiger partial charge in [-0.05, 0) is 31.9 Å². The second-order valence-corrected chi connectivity index (χ2v) is 7.56. The molecule has 1 amide bonds. The third-order valence-corrected chi connectivity index (χ3v) is 5.13. The highest BCUT2D eigenvalue weighted by Crippen LogP contribution is 2.24. The number of likely N-dealkylation sites (tertiary alicyclic amines) is 1. The van der Waals surface area contributed by atoms with Gasteiger partial charge in [-0.15, -0.1) is 0 Å². The number of carbonyl (C=O) groups is 1. The summed E-state index contributed by atoms with van der Waals surface area (Å²) in [5.74, 6) is 1.42. The predicted molar refractivity (Wildman–Crippen MR) is 102 cm³/mol. The third-order valence-electron chi connectivity index (χ3n) is 5.13. The predicted octanol–water partition coefficient (Wildman–Crippen LogP) is 4.02. The molecule has 6 heteroatoms. The number of rotatable bonds is 6. The number of nitrogens with zero attached hydrogens (tertiary/aromatic N) is 3. The topological polar surface area (TPSA) is 47.4 Å². The van der Waals surface area contributed by atoms with Crippen LogP contribution in [0.2, 0.25) is 0 Å². The van der Waals surface area contributed by atoms with Crippen LogP contribution in [0.4, 0.5) is 4.39 Å². The zero-order chi connectivity index (χ0) is 19.4. The fourth-order valence-corrected chi connectivity index (χ4v) is 3.65. The van der Waals surface area contributed by atoms with Crippen molar-refractivity contribution in [2.24, 2.45) is 5.92 Å². The maximum atomic E-state index is 13.7. The van der Waals surface area contributed by atoms with E-state index in [0.717, 1.165) is 25.2 Å². The number of aromatic nitrogens is 2. The number of imidazole rings is 1. The minimum absolute atomic E-state index is 0.102. The van der Waals surface area contributed by atoms with Crippen molar-refractivity contribution in [3.63, 3.8) is 0 Å². The van der Waals surface area contributed by atoms with Crippen LogP contribution >= 0.6 is 0 Å². The van der Waals surface area contributed by atoms with Crippen molar-refractivity contribution < 1.29 is 13.9 Å². The Labute approximate surface area is 160 Å². The van der Waals surface area contributed by atoms with Crippen molar-refractivity contribution in [3.8, 4) is 5.75 Å². The van der Waals surface area contributed by atoms with Gasteiger partial charge >= 0.3 is 0 Å². The minimum Gasteiger partial charge on any atom is -0.490 e. The number of hydrogen-bond donors (Lipinski definition) is 0. The van der Waals surface area contributed by atoms with E-state index in [2.05, 4.69) is 18.8 Å². The van der Waals surface area contributed by atoms with Gasteiger partial charge in [-0.3, -0.25) is 4.79 Å². The van der Waals surface area contributed by atoms with E-state index in [0.29, 0.717) is 13.2 Å². The SMILES string of the molecule is CC(C)c1nccn1[C@@H](C)C(=O)N1CCC[C@H](COc2ccccc2F)C1. The summed E-state index contributed by atoms with van der Waals surface area (Å²) in [6.45, 7) is 7.89. The molecule has 1 aliphatic rings. The minimum atomic E-state index is -0.351. The molecule has 146 valence electrons. The first-order valence-corrected chi connectivity index (χ1v) is 9.66. The lowest BCUT2D eigenvalue weighted by Crippen LogP contribution is -2.44. The summed E-state index contributed by atoms with van der Waals surface area (Å²) < 4.78 is 21.3. The Bertz CT molecular complexity index is 774. The van der Waals surface area contributed by atoms with E-state index < -0.39 is 0 Å². The van der Waals surface area contributed by atoms with Gasteiger partial charge in [0.25, 0.3) is 0 Å². The van der Waals surface area contributed by atoms with Gasteiger partial charge in [0, 0.05) is 37.3 Å². The number of ether oxygens (including phenoxy) is 1. The van der Waals surface area contributed by atoms with E-state index in [4.69, 9.17) is 4.74 Å². The van der Waals surface area contributed by atoms with E-state index in [-0.39, 0.29) is 35.4 Å². The van der Waals surface area contributed by atoms with Crippen LogP contribution in [0.5, 0.6) is 5.75 Å². The highest BCUT2D eigenvalue weighted by molar-refractivity contribution is 5.80. The average Bonchev–Trinajstić information content (AvgIpc) is 3.16. The molecule has 27 heavy (non-hydrogen) atoms. The number of halogens is 1. The van der Waals surface area contributed by atoms with Crippen LogP contribution in [0, 0.1) is 11.7 Å². The van der Waals surface area contributed by atoms with Gasteiger partial charge in [0.05, 0.1) is 6.61 Å². The monoisotopic (exact) mass is 373 g/mol. The lowest BCUT2D eigenvalue weighted by molar-refractivity contribution is -0.136. The van der Waals surface area contributed by atoms with Crippen molar-refractivity contribution in [3.05, 3.63) is 48.3 Å². The molecule has 2 aromatic rings. The first-order valence-electron chi connectivity index (χ1n) is 9.66. The summed E-state index contributed by atoms with van der Waals surface area (Å²) in [6.07, 6.45) is 5.54. The van der Waals surface area contributed by atoms with Crippen molar-refractivity contribution in [2.45, 2.75) is 45.6 Å². The number of piperidine rings is 1. The Morgan fingerprint density at radius 2 is 2.11 bits per heavy atom. The Morgan fingerprint density at radius 1 is 1.33 bits per heavy atom. The molecule has 5 nitrogen and oxygen atoms in total. The van der Waals surface area contributed by atoms with E-state index in [1.165, 1.54) is 6.07 Å². The molecule has 0 unspecified atom stereocenters. The van der Waals surface area contributed by atoms with Crippen molar-refractivity contribution in [1.29, 1.82) is 0 Å². The first kappa shape index (κ1) is 19.4. The Balaban J connectivity index is 1.61. The highest BCUT2D eigenvalue weighted by Gasteiger charge is 2.29. The summed E-state index contributed by atoms with van der Waals surface area (Å²) in [4.78, 5) is 19.3. The van der Waals surface area contributed by atoms with E-state index in [1.54, 1.807) is 24.4 Å². The zero-order valence-corrected chi connectivity index (χ0v) is 16.3. The zero-order valence-electron chi connectivity index (χ0n) is 16.3. The molecule has 0 radical (unpaired) electrons. The first-order chi connectivity index (χ1) is 13.0. The second-order valence-electron chi connectivity index (χ2n) is 7.56. The van der Waals surface area contributed by atoms with Gasteiger partial charge in [0.1, 0.15) is 11.9 Å². The largest absolute Gasteiger partial charge is 0.490 e.